The summed E-state index contributed by atoms with van der Waals surface area (Å²) in [6.45, 7) is 7.07. The fourth-order valence-electron chi connectivity index (χ4n) is 3.07. The minimum atomic E-state index is -0.614. The molecule has 30 heavy (non-hydrogen) atoms. The number of hydrogen-bond acceptors (Lipinski definition) is 0. The van der Waals surface area contributed by atoms with Crippen LogP contribution in [0.5, 0.6) is 0 Å². The van der Waals surface area contributed by atoms with Crippen LogP contribution < -0.4 is 0 Å². The molecule has 0 aliphatic rings. The van der Waals surface area contributed by atoms with E-state index in [1.807, 2.05) is 19.1 Å². The normalized spacial score (nSPS) is 12.4. The fourth-order valence-corrected chi connectivity index (χ4v) is 3.25. The summed E-state index contributed by atoms with van der Waals surface area (Å²) in [5.41, 5.74) is 2.07. The summed E-state index contributed by atoms with van der Waals surface area (Å²) in [5, 5.41) is 0. The predicted octanol–water partition coefficient (Wildman–Crippen LogP) is 8.11. The van der Waals surface area contributed by atoms with E-state index in [1.165, 1.54) is 31.2 Å². The van der Waals surface area contributed by atoms with Crippen molar-refractivity contribution in [2.24, 2.45) is 0 Å². The summed E-state index contributed by atoms with van der Waals surface area (Å²) >= 11 is 2.20. The molecule has 0 fully saturated rings. The van der Waals surface area contributed by atoms with Crippen LogP contribution in [0.3, 0.4) is 0 Å². The minimum absolute atomic E-state index is 0.0309. The van der Waals surface area contributed by atoms with Crippen molar-refractivity contribution in [3.8, 4) is 0 Å². The highest BCUT2D eigenvalue weighted by molar-refractivity contribution is 14.1. The van der Waals surface area contributed by atoms with Crippen LogP contribution in [0.1, 0.15) is 42.0 Å². The Labute approximate surface area is 189 Å². The molecule has 0 radical (unpaired) electrons. The molecule has 0 aromatic heterocycles. The number of aryl methyl sites for hydroxylation is 2. The van der Waals surface area contributed by atoms with E-state index in [2.05, 4.69) is 29.2 Å². The van der Waals surface area contributed by atoms with Crippen LogP contribution in [0.4, 0.5) is 17.6 Å². The van der Waals surface area contributed by atoms with Crippen molar-refractivity contribution < 1.29 is 17.6 Å². The zero-order valence-electron chi connectivity index (χ0n) is 17.2. The quantitative estimate of drug-likeness (QED) is 0.134. The van der Waals surface area contributed by atoms with Gasteiger partial charge in [0, 0.05) is 14.7 Å². The molecule has 0 saturated carbocycles. The number of benzene rings is 2. The first-order chi connectivity index (χ1) is 14.2. The van der Waals surface area contributed by atoms with Crippen LogP contribution in [0.2, 0.25) is 0 Å². The van der Waals surface area contributed by atoms with Gasteiger partial charge in [0.15, 0.2) is 0 Å². The van der Waals surface area contributed by atoms with Gasteiger partial charge < -0.3 is 0 Å². The Bertz CT molecular complexity index is 927. The molecule has 0 spiro atoms. The molecule has 0 aliphatic heterocycles. The van der Waals surface area contributed by atoms with Crippen molar-refractivity contribution in [2.45, 2.75) is 46.0 Å². The van der Waals surface area contributed by atoms with Gasteiger partial charge in [0.05, 0.1) is 0 Å². The maximum atomic E-state index is 14.4. The highest BCUT2D eigenvalue weighted by Gasteiger charge is 2.12. The van der Waals surface area contributed by atoms with Crippen LogP contribution in [-0.2, 0) is 19.3 Å². The van der Waals surface area contributed by atoms with E-state index in [4.69, 9.17) is 0 Å². The zero-order valence-corrected chi connectivity index (χ0v) is 19.3. The van der Waals surface area contributed by atoms with Crippen LogP contribution in [-0.4, -0.2) is 0 Å². The first-order valence-corrected chi connectivity index (χ1v) is 10.9. The van der Waals surface area contributed by atoms with Crippen molar-refractivity contribution in [1.82, 2.24) is 0 Å². The Morgan fingerprint density at radius 3 is 1.90 bits per heavy atom. The first kappa shape index (κ1) is 24.4. The van der Waals surface area contributed by atoms with Crippen LogP contribution >= 0.6 is 22.6 Å². The van der Waals surface area contributed by atoms with Crippen LogP contribution in [0.15, 0.2) is 58.2 Å². The molecule has 0 bridgehead atoms. The summed E-state index contributed by atoms with van der Waals surface area (Å²) in [4.78, 5) is 0. The van der Waals surface area contributed by atoms with Crippen molar-refractivity contribution in [3.63, 3.8) is 0 Å². The van der Waals surface area contributed by atoms with E-state index in [0.29, 0.717) is 43.2 Å². The minimum Gasteiger partial charge on any atom is -0.207 e. The van der Waals surface area contributed by atoms with Gasteiger partial charge in [0.2, 0.25) is 0 Å². The SMILES string of the molecule is C=C/C(I)=C(C)\C=C/CCCc1c(F)cc(CCc2cc(F)c(C)c(F)c2)cc1F. The van der Waals surface area contributed by atoms with E-state index in [-0.39, 0.29) is 11.1 Å². The van der Waals surface area contributed by atoms with E-state index in [9.17, 15) is 17.6 Å². The lowest BCUT2D eigenvalue weighted by molar-refractivity contribution is 0.546. The number of halogens is 5. The second kappa shape index (κ2) is 11.5. The summed E-state index contributed by atoms with van der Waals surface area (Å²) < 4.78 is 57.2. The highest BCUT2D eigenvalue weighted by Crippen LogP contribution is 2.21. The van der Waals surface area contributed by atoms with Gasteiger partial charge in [-0.05, 0) is 110 Å². The second-order valence-corrected chi connectivity index (χ2v) is 8.41. The smallest absolute Gasteiger partial charge is 0.129 e. The third kappa shape index (κ3) is 6.83. The summed E-state index contributed by atoms with van der Waals surface area (Å²) in [7, 11) is 0. The lowest BCUT2D eigenvalue weighted by Crippen LogP contribution is -2.01. The number of hydrogen-bond donors (Lipinski definition) is 0. The van der Waals surface area contributed by atoms with Gasteiger partial charge in [0.1, 0.15) is 23.3 Å². The summed E-state index contributed by atoms with van der Waals surface area (Å²) in [6.07, 6.45) is 7.99. The molecular weight excluding hydrogens is 503 g/mol. The monoisotopic (exact) mass is 528 g/mol. The molecule has 0 unspecified atom stereocenters. The fraction of sp³-hybridized carbons (Fsp3) is 0.280. The van der Waals surface area contributed by atoms with Crippen molar-refractivity contribution in [3.05, 3.63) is 104 Å². The molecule has 0 amide bonds. The number of rotatable bonds is 9. The molecule has 0 N–H and O–H groups in total. The maximum absolute atomic E-state index is 14.4. The van der Waals surface area contributed by atoms with E-state index < -0.39 is 23.3 Å². The predicted molar refractivity (Wildman–Crippen MR) is 124 cm³/mol. The van der Waals surface area contributed by atoms with Gasteiger partial charge >= 0.3 is 0 Å². The lowest BCUT2D eigenvalue weighted by Gasteiger charge is -2.09. The third-order valence-electron chi connectivity index (χ3n) is 4.97. The molecular formula is C25H25F4I. The van der Waals surface area contributed by atoms with Crippen molar-refractivity contribution in [1.29, 1.82) is 0 Å². The van der Waals surface area contributed by atoms with E-state index in [0.717, 1.165) is 9.15 Å². The van der Waals surface area contributed by atoms with Gasteiger partial charge in [0.25, 0.3) is 0 Å². The molecule has 0 saturated heterocycles. The van der Waals surface area contributed by atoms with Crippen molar-refractivity contribution in [2.75, 3.05) is 0 Å². The Kier molecular flexibility index (Phi) is 9.34. The Morgan fingerprint density at radius 2 is 1.40 bits per heavy atom. The molecule has 0 atom stereocenters. The number of unbranched alkanes of at least 4 members (excludes halogenated alkanes) is 1. The Hall–Kier alpha value is -1.89. The second-order valence-electron chi connectivity index (χ2n) is 7.25. The topological polar surface area (TPSA) is 0 Å². The average Bonchev–Trinajstić information content (AvgIpc) is 2.70. The van der Waals surface area contributed by atoms with Gasteiger partial charge in [-0.15, -0.1) is 0 Å². The molecule has 160 valence electrons. The number of allylic oxidation sites excluding steroid dienone is 5. The van der Waals surface area contributed by atoms with Crippen LogP contribution in [0, 0.1) is 30.2 Å². The molecule has 5 heteroatoms. The van der Waals surface area contributed by atoms with E-state index >= 15 is 0 Å². The van der Waals surface area contributed by atoms with Gasteiger partial charge in [-0.25, -0.2) is 17.6 Å². The Balaban J connectivity index is 1.97. The van der Waals surface area contributed by atoms with E-state index in [1.54, 1.807) is 6.08 Å². The maximum Gasteiger partial charge on any atom is 0.129 e. The molecule has 2 rings (SSSR count). The third-order valence-corrected chi connectivity index (χ3v) is 6.26. The zero-order chi connectivity index (χ0) is 22.3. The lowest BCUT2D eigenvalue weighted by atomic mass is 9.99. The summed E-state index contributed by atoms with van der Waals surface area (Å²) in [6, 6.07) is 5.16. The van der Waals surface area contributed by atoms with Crippen LogP contribution in [0.25, 0.3) is 0 Å². The molecule has 0 heterocycles. The van der Waals surface area contributed by atoms with Gasteiger partial charge in [-0.3, -0.25) is 0 Å². The molecule has 0 nitrogen and oxygen atoms in total. The highest BCUT2D eigenvalue weighted by atomic mass is 127. The standard InChI is InChI=1S/C25H25F4I/c1-4-25(30)16(2)8-6-5-7-9-20-23(28)14-19(15-24(20)29)11-10-18-12-21(26)17(3)22(27)13-18/h4,6,8,12-15H,1,5,7,9-11H2,2-3H3/b8-6-,25-16+. The molecule has 2 aromatic carbocycles. The molecule has 0 aliphatic carbocycles. The first-order valence-electron chi connectivity index (χ1n) is 9.79. The molecule has 2 aromatic rings. The van der Waals surface area contributed by atoms with Gasteiger partial charge in [-0.2, -0.15) is 0 Å². The largest absolute Gasteiger partial charge is 0.207 e. The Morgan fingerprint density at radius 1 is 0.900 bits per heavy atom. The average molecular weight is 528 g/mol. The van der Waals surface area contributed by atoms with Gasteiger partial charge in [-0.1, -0.05) is 24.8 Å². The summed E-state index contributed by atoms with van der Waals surface area (Å²) in [5.74, 6) is -2.38. The van der Waals surface area contributed by atoms with Crippen molar-refractivity contribution >= 4 is 22.6 Å².